The fraction of sp³-hybridized carbons (Fsp3) is 0.391. The summed E-state index contributed by atoms with van der Waals surface area (Å²) in [4.78, 5) is 26.5. The van der Waals surface area contributed by atoms with Crippen LogP contribution in [0.15, 0.2) is 42.5 Å². The number of carbonyl (C=O) groups is 2. The summed E-state index contributed by atoms with van der Waals surface area (Å²) in [6, 6.07) is 10.9. The fourth-order valence-corrected chi connectivity index (χ4v) is 3.68. The van der Waals surface area contributed by atoms with Crippen LogP contribution in [0.1, 0.15) is 47.4 Å². The minimum atomic E-state index is -0.481. The van der Waals surface area contributed by atoms with Gasteiger partial charge in [-0.1, -0.05) is 11.6 Å². The van der Waals surface area contributed by atoms with E-state index >= 15 is 0 Å². The molecule has 1 atom stereocenters. The average molecular weight is 433 g/mol. The smallest absolute Gasteiger partial charge is 0.255 e. The van der Waals surface area contributed by atoms with E-state index < -0.39 is 5.82 Å². The molecule has 1 fully saturated rings. The highest BCUT2D eigenvalue weighted by Gasteiger charge is 2.26. The van der Waals surface area contributed by atoms with Crippen LogP contribution in [0.2, 0.25) is 5.02 Å². The van der Waals surface area contributed by atoms with Crippen molar-refractivity contribution in [2.24, 2.45) is 5.92 Å². The van der Waals surface area contributed by atoms with E-state index in [1.165, 1.54) is 18.2 Å². The summed E-state index contributed by atoms with van der Waals surface area (Å²) in [6.45, 7) is 5.42. The number of hydrogen-bond donors (Lipinski definition) is 1. The van der Waals surface area contributed by atoms with Crippen LogP contribution in [0, 0.1) is 11.7 Å². The van der Waals surface area contributed by atoms with Crippen molar-refractivity contribution in [1.82, 2.24) is 10.2 Å². The van der Waals surface area contributed by atoms with Crippen LogP contribution >= 0.6 is 11.6 Å². The number of hydrogen-bond acceptors (Lipinski definition) is 3. The Kier molecular flexibility index (Phi) is 7.32. The summed E-state index contributed by atoms with van der Waals surface area (Å²) in [7, 11) is 0. The molecule has 1 saturated heterocycles. The van der Waals surface area contributed by atoms with Crippen LogP contribution in [-0.4, -0.2) is 42.5 Å². The Balaban J connectivity index is 1.56. The van der Waals surface area contributed by atoms with E-state index in [-0.39, 0.29) is 34.4 Å². The molecule has 5 nitrogen and oxygen atoms in total. The molecule has 2 aromatic rings. The molecule has 2 aromatic carbocycles. The molecule has 3 rings (SSSR count). The first-order valence-corrected chi connectivity index (χ1v) is 10.5. The highest BCUT2D eigenvalue weighted by molar-refractivity contribution is 6.33. The van der Waals surface area contributed by atoms with Crippen LogP contribution < -0.4 is 10.1 Å². The van der Waals surface area contributed by atoms with Gasteiger partial charge in [0.05, 0.1) is 17.2 Å². The van der Waals surface area contributed by atoms with E-state index in [1.54, 1.807) is 29.2 Å². The summed E-state index contributed by atoms with van der Waals surface area (Å²) in [5.74, 6) is -0.0180. The maximum absolute atomic E-state index is 13.5. The van der Waals surface area contributed by atoms with Gasteiger partial charge in [0, 0.05) is 30.6 Å². The lowest BCUT2D eigenvalue weighted by Crippen LogP contribution is -2.41. The molecule has 0 aromatic heterocycles. The molecule has 30 heavy (non-hydrogen) atoms. The van der Waals surface area contributed by atoms with Crippen molar-refractivity contribution in [1.29, 1.82) is 0 Å². The standard InChI is InChI=1S/C23H26ClFN2O3/c1-15(2)26-22(28)17-5-8-19(9-6-17)30-14-16-4-3-11-27(13-16)23(29)20-12-18(25)7-10-21(20)24/h5-10,12,15-16H,3-4,11,13-14H2,1-2H3,(H,26,28)/t16-/m0/s1. The second kappa shape index (κ2) is 9.94. The first-order chi connectivity index (χ1) is 14.3. The molecule has 1 aliphatic rings. The molecule has 1 heterocycles. The molecule has 0 saturated carbocycles. The second-order valence-electron chi connectivity index (χ2n) is 7.85. The van der Waals surface area contributed by atoms with Crippen molar-refractivity contribution in [2.75, 3.05) is 19.7 Å². The first kappa shape index (κ1) is 22.1. The molecular weight excluding hydrogens is 407 g/mol. The van der Waals surface area contributed by atoms with E-state index in [9.17, 15) is 14.0 Å². The number of piperidine rings is 1. The van der Waals surface area contributed by atoms with Gasteiger partial charge in [-0.15, -0.1) is 0 Å². The summed E-state index contributed by atoms with van der Waals surface area (Å²) in [5.41, 5.74) is 0.769. The molecule has 160 valence electrons. The molecular formula is C23H26ClFN2O3. The van der Waals surface area contributed by atoms with E-state index in [0.29, 0.717) is 31.0 Å². The van der Waals surface area contributed by atoms with Gasteiger partial charge in [0.25, 0.3) is 11.8 Å². The monoisotopic (exact) mass is 432 g/mol. The minimum absolute atomic E-state index is 0.0765. The van der Waals surface area contributed by atoms with Crippen LogP contribution in [0.25, 0.3) is 0 Å². The van der Waals surface area contributed by atoms with Crippen molar-refractivity contribution < 1.29 is 18.7 Å². The average Bonchev–Trinajstić information content (AvgIpc) is 2.73. The highest BCUT2D eigenvalue weighted by atomic mass is 35.5. The van der Waals surface area contributed by atoms with Crippen LogP contribution in [-0.2, 0) is 0 Å². The maximum Gasteiger partial charge on any atom is 0.255 e. The van der Waals surface area contributed by atoms with Gasteiger partial charge in [0.2, 0.25) is 0 Å². The number of likely N-dealkylation sites (tertiary alicyclic amines) is 1. The van der Waals surface area contributed by atoms with Crippen molar-refractivity contribution in [2.45, 2.75) is 32.7 Å². The van der Waals surface area contributed by atoms with Gasteiger partial charge >= 0.3 is 0 Å². The number of halogens is 2. The number of carbonyl (C=O) groups excluding carboxylic acids is 2. The predicted molar refractivity (Wildman–Crippen MR) is 115 cm³/mol. The number of nitrogens with one attached hydrogen (secondary N) is 1. The SMILES string of the molecule is CC(C)NC(=O)c1ccc(OC[C@H]2CCCN(C(=O)c3cc(F)ccc3Cl)C2)cc1. The van der Waals surface area contributed by atoms with Gasteiger partial charge in [-0.2, -0.15) is 0 Å². The Labute approximate surface area is 181 Å². The topological polar surface area (TPSA) is 58.6 Å². The Hall–Kier alpha value is -2.60. The van der Waals surface area contributed by atoms with Crippen LogP contribution in [0.5, 0.6) is 5.75 Å². The maximum atomic E-state index is 13.5. The molecule has 0 spiro atoms. The first-order valence-electron chi connectivity index (χ1n) is 10.1. The molecule has 1 N–H and O–H groups in total. The molecule has 2 amide bonds. The summed E-state index contributed by atoms with van der Waals surface area (Å²) in [5, 5.41) is 3.10. The largest absolute Gasteiger partial charge is 0.493 e. The van der Waals surface area contributed by atoms with E-state index in [0.717, 1.165) is 12.8 Å². The van der Waals surface area contributed by atoms with E-state index in [1.807, 2.05) is 13.8 Å². The molecule has 0 unspecified atom stereocenters. The second-order valence-corrected chi connectivity index (χ2v) is 8.25. The van der Waals surface area contributed by atoms with Gasteiger partial charge in [0.1, 0.15) is 11.6 Å². The highest BCUT2D eigenvalue weighted by Crippen LogP contribution is 2.24. The number of ether oxygens (including phenoxy) is 1. The number of amides is 2. The normalized spacial score (nSPS) is 16.4. The molecule has 0 aliphatic carbocycles. The lowest BCUT2D eigenvalue weighted by atomic mass is 9.98. The Morgan fingerprint density at radius 3 is 2.67 bits per heavy atom. The van der Waals surface area contributed by atoms with E-state index in [2.05, 4.69) is 5.32 Å². The van der Waals surface area contributed by atoms with Crippen LogP contribution in [0.3, 0.4) is 0 Å². The molecule has 0 radical (unpaired) electrons. The Morgan fingerprint density at radius 2 is 1.97 bits per heavy atom. The predicted octanol–water partition coefficient (Wildman–Crippen LogP) is 4.55. The Bertz CT molecular complexity index is 902. The van der Waals surface area contributed by atoms with Crippen molar-refractivity contribution in [3.05, 3.63) is 64.4 Å². The summed E-state index contributed by atoms with van der Waals surface area (Å²) in [6.07, 6.45) is 1.79. The fourth-order valence-electron chi connectivity index (χ4n) is 3.48. The third kappa shape index (κ3) is 5.72. The third-order valence-electron chi connectivity index (χ3n) is 4.99. The minimum Gasteiger partial charge on any atom is -0.493 e. The molecule has 1 aliphatic heterocycles. The summed E-state index contributed by atoms with van der Waals surface area (Å²) < 4.78 is 19.4. The van der Waals surface area contributed by atoms with Gasteiger partial charge < -0.3 is 15.0 Å². The summed E-state index contributed by atoms with van der Waals surface area (Å²) >= 11 is 6.08. The Morgan fingerprint density at radius 1 is 1.23 bits per heavy atom. The zero-order valence-corrected chi connectivity index (χ0v) is 17.9. The number of nitrogens with zero attached hydrogens (tertiary/aromatic N) is 1. The van der Waals surface area contributed by atoms with Gasteiger partial charge in [-0.05, 0) is 69.2 Å². The third-order valence-corrected chi connectivity index (χ3v) is 5.32. The molecule has 7 heteroatoms. The van der Waals surface area contributed by atoms with Gasteiger partial charge in [-0.3, -0.25) is 9.59 Å². The zero-order valence-electron chi connectivity index (χ0n) is 17.2. The zero-order chi connectivity index (χ0) is 21.7. The number of benzene rings is 2. The van der Waals surface area contributed by atoms with Gasteiger partial charge in [-0.25, -0.2) is 4.39 Å². The number of rotatable bonds is 6. The quantitative estimate of drug-likeness (QED) is 0.728. The molecule has 0 bridgehead atoms. The van der Waals surface area contributed by atoms with Crippen molar-refractivity contribution in [3.63, 3.8) is 0 Å². The van der Waals surface area contributed by atoms with Crippen molar-refractivity contribution in [3.8, 4) is 5.75 Å². The lowest BCUT2D eigenvalue weighted by molar-refractivity contribution is 0.0633. The van der Waals surface area contributed by atoms with Gasteiger partial charge in [0.15, 0.2) is 0 Å². The van der Waals surface area contributed by atoms with Crippen molar-refractivity contribution >= 4 is 23.4 Å². The van der Waals surface area contributed by atoms with E-state index in [4.69, 9.17) is 16.3 Å². The lowest BCUT2D eigenvalue weighted by Gasteiger charge is -2.33. The van der Waals surface area contributed by atoms with Crippen LogP contribution in [0.4, 0.5) is 4.39 Å².